The molecule has 1 saturated heterocycles. The van der Waals surface area contributed by atoms with Crippen molar-refractivity contribution in [3.8, 4) is 0 Å². The summed E-state index contributed by atoms with van der Waals surface area (Å²) >= 11 is 0. The number of ether oxygens (including phenoxy) is 3. The maximum atomic E-state index is 5.89. The first-order valence-corrected chi connectivity index (χ1v) is 6.84. The highest BCUT2D eigenvalue weighted by atomic mass is 16.6. The van der Waals surface area contributed by atoms with Crippen LogP contribution in [0.15, 0.2) is 0 Å². The van der Waals surface area contributed by atoms with Gasteiger partial charge in [-0.25, -0.2) is 0 Å². The zero-order valence-electron chi connectivity index (χ0n) is 11.0. The fourth-order valence-corrected chi connectivity index (χ4v) is 2.60. The fourth-order valence-electron chi connectivity index (χ4n) is 2.60. The van der Waals surface area contributed by atoms with Crippen LogP contribution in [0, 0.1) is 0 Å². The molecule has 1 saturated carbocycles. The normalized spacial score (nSPS) is 37.1. The Morgan fingerprint density at radius 1 is 1.41 bits per heavy atom. The zero-order chi connectivity index (χ0) is 12.1. The van der Waals surface area contributed by atoms with Gasteiger partial charge in [0.15, 0.2) is 0 Å². The van der Waals surface area contributed by atoms with Gasteiger partial charge < -0.3 is 19.5 Å². The summed E-state index contributed by atoms with van der Waals surface area (Å²) in [7, 11) is 1.77. The minimum Gasteiger partial charge on any atom is -0.377 e. The Labute approximate surface area is 104 Å². The number of hydrogen-bond acceptors (Lipinski definition) is 4. The smallest absolute Gasteiger partial charge is 0.0986 e. The van der Waals surface area contributed by atoms with Gasteiger partial charge in [0.1, 0.15) is 0 Å². The van der Waals surface area contributed by atoms with Crippen molar-refractivity contribution in [3.05, 3.63) is 0 Å². The average molecular weight is 243 g/mol. The summed E-state index contributed by atoms with van der Waals surface area (Å²) in [4.78, 5) is 0. The van der Waals surface area contributed by atoms with Crippen LogP contribution in [0.4, 0.5) is 0 Å². The van der Waals surface area contributed by atoms with E-state index in [-0.39, 0.29) is 12.2 Å². The molecule has 0 radical (unpaired) electrons. The first-order chi connectivity index (χ1) is 8.35. The molecule has 1 aliphatic carbocycles. The third-order valence-electron chi connectivity index (χ3n) is 3.70. The molecule has 4 atom stereocenters. The van der Waals surface area contributed by atoms with Crippen LogP contribution in [0.2, 0.25) is 0 Å². The largest absolute Gasteiger partial charge is 0.377 e. The van der Waals surface area contributed by atoms with Gasteiger partial charge in [-0.1, -0.05) is 6.92 Å². The lowest BCUT2D eigenvalue weighted by atomic mass is 9.85. The fraction of sp³-hybridized carbons (Fsp3) is 1.00. The van der Waals surface area contributed by atoms with E-state index in [0.717, 1.165) is 39.0 Å². The lowest BCUT2D eigenvalue weighted by molar-refractivity contribution is -0.147. The van der Waals surface area contributed by atoms with Crippen molar-refractivity contribution in [1.29, 1.82) is 0 Å². The molecule has 2 fully saturated rings. The van der Waals surface area contributed by atoms with E-state index in [4.69, 9.17) is 14.2 Å². The maximum absolute atomic E-state index is 5.89. The van der Waals surface area contributed by atoms with Crippen LogP contribution in [0.5, 0.6) is 0 Å². The van der Waals surface area contributed by atoms with Gasteiger partial charge >= 0.3 is 0 Å². The molecular formula is C13H25NO3. The summed E-state index contributed by atoms with van der Waals surface area (Å²) in [5.74, 6) is 0. The van der Waals surface area contributed by atoms with E-state index in [9.17, 15) is 0 Å². The van der Waals surface area contributed by atoms with E-state index in [0.29, 0.717) is 12.1 Å². The topological polar surface area (TPSA) is 39.7 Å². The van der Waals surface area contributed by atoms with Crippen molar-refractivity contribution in [1.82, 2.24) is 5.32 Å². The third-order valence-corrected chi connectivity index (χ3v) is 3.70. The van der Waals surface area contributed by atoms with Crippen LogP contribution in [-0.2, 0) is 14.2 Å². The molecule has 0 amide bonds. The second-order valence-electron chi connectivity index (χ2n) is 5.00. The summed E-state index contributed by atoms with van der Waals surface area (Å²) in [5, 5.41) is 3.49. The molecular weight excluding hydrogens is 218 g/mol. The molecule has 17 heavy (non-hydrogen) atoms. The van der Waals surface area contributed by atoms with Gasteiger partial charge in [-0.3, -0.25) is 0 Å². The van der Waals surface area contributed by atoms with E-state index in [1.807, 2.05) is 0 Å². The highest BCUT2D eigenvalue weighted by Gasteiger charge is 2.42. The molecule has 2 aliphatic rings. The van der Waals surface area contributed by atoms with Crippen molar-refractivity contribution >= 4 is 0 Å². The molecule has 1 aliphatic heterocycles. The minimum absolute atomic E-state index is 0.211. The Hall–Kier alpha value is -0.160. The lowest BCUT2D eigenvalue weighted by Crippen LogP contribution is -2.60. The predicted molar refractivity (Wildman–Crippen MR) is 66.2 cm³/mol. The molecule has 4 heteroatoms. The molecule has 0 aromatic heterocycles. The third kappa shape index (κ3) is 3.41. The number of hydrogen-bond donors (Lipinski definition) is 1. The molecule has 1 N–H and O–H groups in total. The second-order valence-corrected chi connectivity index (χ2v) is 5.00. The van der Waals surface area contributed by atoms with E-state index >= 15 is 0 Å². The van der Waals surface area contributed by atoms with Crippen molar-refractivity contribution in [2.45, 2.75) is 57.0 Å². The molecule has 0 aromatic rings. The van der Waals surface area contributed by atoms with Crippen molar-refractivity contribution in [3.63, 3.8) is 0 Å². The molecule has 100 valence electrons. The summed E-state index contributed by atoms with van der Waals surface area (Å²) in [6.07, 6.45) is 5.31. The molecule has 0 aromatic carbocycles. The van der Waals surface area contributed by atoms with Crippen LogP contribution < -0.4 is 5.32 Å². The van der Waals surface area contributed by atoms with Crippen LogP contribution in [0.25, 0.3) is 0 Å². The SMILES string of the molecule is CCCNC1CC(OCC2CCCO2)C1OC. The van der Waals surface area contributed by atoms with E-state index in [1.54, 1.807) is 7.11 Å². The van der Waals surface area contributed by atoms with Crippen LogP contribution in [0.1, 0.15) is 32.6 Å². The molecule has 4 unspecified atom stereocenters. The average Bonchev–Trinajstić information content (AvgIpc) is 2.80. The van der Waals surface area contributed by atoms with Gasteiger partial charge in [0.25, 0.3) is 0 Å². The molecule has 0 bridgehead atoms. The monoisotopic (exact) mass is 243 g/mol. The van der Waals surface area contributed by atoms with Crippen LogP contribution >= 0.6 is 0 Å². The minimum atomic E-state index is 0.211. The Morgan fingerprint density at radius 2 is 2.29 bits per heavy atom. The van der Waals surface area contributed by atoms with E-state index < -0.39 is 0 Å². The highest BCUT2D eigenvalue weighted by Crippen LogP contribution is 2.27. The molecule has 1 heterocycles. The Kier molecular flexibility index (Phi) is 5.22. The molecule has 2 rings (SSSR count). The first kappa shape index (κ1) is 13.3. The van der Waals surface area contributed by atoms with Crippen LogP contribution in [0.3, 0.4) is 0 Å². The molecule has 0 spiro atoms. The molecule has 4 nitrogen and oxygen atoms in total. The summed E-state index contributed by atoms with van der Waals surface area (Å²) in [5.41, 5.74) is 0. The number of rotatable bonds is 7. The van der Waals surface area contributed by atoms with Gasteiger partial charge in [0.05, 0.1) is 24.9 Å². The Bertz CT molecular complexity index is 219. The van der Waals surface area contributed by atoms with Gasteiger partial charge in [0.2, 0.25) is 0 Å². The summed E-state index contributed by atoms with van der Waals surface area (Å²) in [6, 6.07) is 0.467. The summed E-state index contributed by atoms with van der Waals surface area (Å²) in [6.45, 7) is 4.86. The Balaban J connectivity index is 1.64. The van der Waals surface area contributed by atoms with Crippen molar-refractivity contribution < 1.29 is 14.2 Å². The Morgan fingerprint density at radius 3 is 2.94 bits per heavy atom. The number of methoxy groups -OCH3 is 1. The standard InChI is InChI=1S/C13H25NO3/c1-3-6-14-11-8-12(13(11)15-2)17-9-10-5-4-7-16-10/h10-14H,3-9H2,1-2H3. The quantitative estimate of drug-likeness (QED) is 0.732. The van der Waals surface area contributed by atoms with Gasteiger partial charge in [-0.2, -0.15) is 0 Å². The van der Waals surface area contributed by atoms with Gasteiger partial charge in [-0.05, 0) is 32.2 Å². The lowest BCUT2D eigenvalue weighted by Gasteiger charge is -2.44. The van der Waals surface area contributed by atoms with Crippen molar-refractivity contribution in [2.24, 2.45) is 0 Å². The highest BCUT2D eigenvalue weighted by molar-refractivity contribution is 4.97. The first-order valence-electron chi connectivity index (χ1n) is 6.84. The second kappa shape index (κ2) is 6.69. The maximum Gasteiger partial charge on any atom is 0.0986 e. The van der Waals surface area contributed by atoms with E-state index in [2.05, 4.69) is 12.2 Å². The zero-order valence-corrected chi connectivity index (χ0v) is 11.0. The van der Waals surface area contributed by atoms with Crippen LogP contribution in [-0.4, -0.2) is 51.2 Å². The van der Waals surface area contributed by atoms with Gasteiger partial charge in [0, 0.05) is 19.8 Å². The summed E-state index contributed by atoms with van der Waals surface area (Å²) < 4.78 is 16.9. The van der Waals surface area contributed by atoms with E-state index in [1.165, 1.54) is 6.42 Å². The van der Waals surface area contributed by atoms with Crippen molar-refractivity contribution in [2.75, 3.05) is 26.9 Å². The van der Waals surface area contributed by atoms with Gasteiger partial charge in [-0.15, -0.1) is 0 Å². The predicted octanol–water partition coefficient (Wildman–Crippen LogP) is 1.34. The number of nitrogens with one attached hydrogen (secondary N) is 1.